The second-order valence-corrected chi connectivity index (χ2v) is 3.72. The minimum absolute atomic E-state index is 0.251. The van der Waals surface area contributed by atoms with Crippen LogP contribution in [-0.4, -0.2) is 9.91 Å². The predicted molar refractivity (Wildman–Crippen MR) is 65.1 cm³/mol. The Kier molecular flexibility index (Phi) is 3.89. The number of hydrazine groups is 1. The number of nitro groups is 1. The summed E-state index contributed by atoms with van der Waals surface area (Å²) >= 11 is 0. The van der Waals surface area contributed by atoms with Gasteiger partial charge in [-0.2, -0.15) is 9.37 Å². The molecule has 0 saturated carbocycles. The number of nitrogens with zero attached hydrogens (tertiary/aromatic N) is 2. The van der Waals surface area contributed by atoms with Crippen LogP contribution in [0.2, 0.25) is 0 Å². The number of hydrogen-bond acceptors (Lipinski definition) is 6. The molecule has 1 aromatic heterocycles. The number of benzene rings is 1. The van der Waals surface area contributed by atoms with Crippen molar-refractivity contribution in [1.29, 1.82) is 0 Å². The van der Waals surface area contributed by atoms with Gasteiger partial charge in [-0.05, 0) is 6.07 Å². The van der Waals surface area contributed by atoms with E-state index in [1.165, 1.54) is 0 Å². The van der Waals surface area contributed by atoms with Crippen molar-refractivity contribution in [3.05, 3.63) is 51.8 Å². The first kappa shape index (κ1) is 14.5. The zero-order valence-electron chi connectivity index (χ0n) is 10.1. The highest BCUT2D eigenvalue weighted by molar-refractivity contribution is 5.42. The normalized spacial score (nSPS) is 10.3. The molecule has 0 aliphatic carbocycles. The number of anilines is 1. The molecule has 1 aromatic carbocycles. The van der Waals surface area contributed by atoms with Crippen LogP contribution in [0, 0.1) is 27.6 Å². The summed E-state index contributed by atoms with van der Waals surface area (Å²) < 4.78 is 44.9. The first-order chi connectivity index (χ1) is 9.92. The second kappa shape index (κ2) is 5.63. The number of pyridine rings is 1. The molecular formula is C11H7F3N4O3. The number of ether oxygens (including phenoxy) is 1. The van der Waals surface area contributed by atoms with E-state index in [9.17, 15) is 23.3 Å². The maximum atomic E-state index is 13.5. The summed E-state index contributed by atoms with van der Waals surface area (Å²) in [5, 5.41) is 10.5. The molecule has 0 radical (unpaired) electrons. The maximum Gasteiger partial charge on any atom is 0.305 e. The van der Waals surface area contributed by atoms with Gasteiger partial charge in [-0.3, -0.25) is 10.1 Å². The molecule has 0 amide bonds. The Hall–Kier alpha value is -2.88. The number of aromatic nitrogens is 1. The van der Waals surface area contributed by atoms with Crippen LogP contribution in [-0.2, 0) is 0 Å². The Bertz CT molecular complexity index is 711. The standard InChI is InChI=1S/C11H7F3N4O3/c12-6-3-5(1-2-9(6)18(19)20)21-11-8(14)4-7(13)10(16-11)17-15/h1-4H,15H2,(H,16,17). The Balaban J connectivity index is 2.34. The van der Waals surface area contributed by atoms with E-state index in [2.05, 4.69) is 4.98 Å². The highest BCUT2D eigenvalue weighted by Gasteiger charge is 2.17. The van der Waals surface area contributed by atoms with E-state index in [-0.39, 0.29) is 5.75 Å². The molecule has 0 aliphatic heterocycles. The van der Waals surface area contributed by atoms with Gasteiger partial charge in [-0.25, -0.2) is 14.6 Å². The molecular weight excluding hydrogens is 293 g/mol. The SMILES string of the molecule is NNc1nc(Oc2ccc([N+](=O)[O-])c(F)c2)c(F)cc1F. The molecule has 110 valence electrons. The highest BCUT2D eigenvalue weighted by Crippen LogP contribution is 2.28. The number of rotatable bonds is 4. The van der Waals surface area contributed by atoms with Crippen molar-refractivity contribution in [2.45, 2.75) is 0 Å². The first-order valence-electron chi connectivity index (χ1n) is 5.37. The minimum Gasteiger partial charge on any atom is -0.436 e. The number of nitrogens with two attached hydrogens (primary N) is 1. The lowest BCUT2D eigenvalue weighted by Gasteiger charge is -2.08. The molecule has 0 aliphatic rings. The Morgan fingerprint density at radius 2 is 1.90 bits per heavy atom. The molecule has 2 rings (SSSR count). The van der Waals surface area contributed by atoms with Crippen molar-refractivity contribution >= 4 is 11.5 Å². The lowest BCUT2D eigenvalue weighted by molar-refractivity contribution is -0.387. The molecule has 0 atom stereocenters. The average Bonchev–Trinajstić information content (AvgIpc) is 2.41. The van der Waals surface area contributed by atoms with Crippen molar-refractivity contribution in [3.63, 3.8) is 0 Å². The average molecular weight is 300 g/mol. The first-order valence-corrected chi connectivity index (χ1v) is 5.37. The van der Waals surface area contributed by atoms with Crippen LogP contribution < -0.4 is 16.0 Å². The van der Waals surface area contributed by atoms with Gasteiger partial charge in [-0.1, -0.05) is 0 Å². The monoisotopic (exact) mass is 300 g/mol. The number of halogens is 3. The van der Waals surface area contributed by atoms with Crippen LogP contribution >= 0.6 is 0 Å². The van der Waals surface area contributed by atoms with E-state index in [1.807, 2.05) is 5.43 Å². The van der Waals surface area contributed by atoms with Crippen LogP contribution in [0.4, 0.5) is 24.7 Å². The molecule has 7 nitrogen and oxygen atoms in total. The smallest absolute Gasteiger partial charge is 0.305 e. The Morgan fingerprint density at radius 3 is 2.48 bits per heavy atom. The molecule has 10 heteroatoms. The van der Waals surface area contributed by atoms with Gasteiger partial charge in [0.25, 0.3) is 5.88 Å². The second-order valence-electron chi connectivity index (χ2n) is 3.72. The Morgan fingerprint density at radius 1 is 1.19 bits per heavy atom. The fourth-order valence-electron chi connectivity index (χ4n) is 1.43. The minimum atomic E-state index is -1.17. The lowest BCUT2D eigenvalue weighted by Crippen LogP contribution is -2.11. The van der Waals surface area contributed by atoms with Crippen LogP contribution in [0.5, 0.6) is 11.6 Å². The molecule has 0 spiro atoms. The molecule has 0 bridgehead atoms. The molecule has 3 N–H and O–H groups in total. The van der Waals surface area contributed by atoms with Crippen LogP contribution in [0.3, 0.4) is 0 Å². The summed E-state index contributed by atoms with van der Waals surface area (Å²) in [7, 11) is 0. The van der Waals surface area contributed by atoms with Gasteiger partial charge in [0.05, 0.1) is 4.92 Å². The van der Waals surface area contributed by atoms with Crippen LogP contribution in [0.25, 0.3) is 0 Å². The van der Waals surface area contributed by atoms with Crippen molar-refractivity contribution in [3.8, 4) is 11.6 Å². The van der Waals surface area contributed by atoms with Gasteiger partial charge in [0.15, 0.2) is 17.5 Å². The van der Waals surface area contributed by atoms with Crippen LogP contribution in [0.15, 0.2) is 24.3 Å². The third-order valence-electron chi connectivity index (χ3n) is 2.36. The van der Waals surface area contributed by atoms with Gasteiger partial charge < -0.3 is 10.2 Å². The van der Waals surface area contributed by atoms with Crippen LogP contribution in [0.1, 0.15) is 0 Å². The van der Waals surface area contributed by atoms with Gasteiger partial charge in [0, 0.05) is 18.2 Å². The Labute approximate surface area is 115 Å². The fraction of sp³-hybridized carbons (Fsp3) is 0. The molecule has 0 fully saturated rings. The van der Waals surface area contributed by atoms with Crippen molar-refractivity contribution in [2.24, 2.45) is 5.84 Å². The zero-order chi connectivity index (χ0) is 15.6. The van der Waals surface area contributed by atoms with Gasteiger partial charge in [0.2, 0.25) is 5.82 Å². The fourth-order valence-corrected chi connectivity index (χ4v) is 1.43. The van der Waals surface area contributed by atoms with E-state index >= 15 is 0 Å². The van der Waals surface area contributed by atoms with Gasteiger partial charge in [-0.15, -0.1) is 0 Å². The van der Waals surface area contributed by atoms with Crippen molar-refractivity contribution in [1.82, 2.24) is 4.98 Å². The summed E-state index contributed by atoms with van der Waals surface area (Å²) in [5.41, 5.74) is 1.12. The summed E-state index contributed by atoms with van der Waals surface area (Å²) in [6.07, 6.45) is 0. The van der Waals surface area contributed by atoms with E-state index in [1.54, 1.807) is 0 Å². The topological polar surface area (TPSA) is 103 Å². The maximum absolute atomic E-state index is 13.5. The summed E-state index contributed by atoms with van der Waals surface area (Å²) in [6, 6.07) is 3.03. The number of nitrogen functional groups attached to an aromatic ring is 1. The molecule has 0 unspecified atom stereocenters. The summed E-state index contributed by atoms with van der Waals surface area (Å²) in [5.74, 6) is 0.216. The van der Waals surface area contributed by atoms with Crippen molar-refractivity contribution < 1.29 is 22.8 Å². The van der Waals surface area contributed by atoms with Crippen molar-refractivity contribution in [2.75, 3.05) is 5.43 Å². The van der Waals surface area contributed by atoms with Gasteiger partial charge in [0.1, 0.15) is 5.75 Å². The molecule has 21 heavy (non-hydrogen) atoms. The highest BCUT2D eigenvalue weighted by atomic mass is 19.1. The molecule has 2 aromatic rings. The van der Waals surface area contributed by atoms with E-state index in [0.29, 0.717) is 12.1 Å². The third-order valence-corrected chi connectivity index (χ3v) is 2.36. The van der Waals surface area contributed by atoms with E-state index in [4.69, 9.17) is 10.6 Å². The molecule has 0 saturated heterocycles. The zero-order valence-corrected chi connectivity index (χ0v) is 10.1. The lowest BCUT2D eigenvalue weighted by atomic mass is 10.3. The van der Waals surface area contributed by atoms with E-state index < -0.39 is 39.8 Å². The largest absolute Gasteiger partial charge is 0.436 e. The molecule has 1 heterocycles. The quantitative estimate of drug-likeness (QED) is 0.511. The number of hydrogen-bond donors (Lipinski definition) is 2. The third kappa shape index (κ3) is 3.00. The number of nitrogens with one attached hydrogen (secondary N) is 1. The van der Waals surface area contributed by atoms with Gasteiger partial charge >= 0.3 is 5.69 Å². The number of nitro benzene ring substituents is 1. The summed E-state index contributed by atoms with van der Waals surface area (Å²) in [4.78, 5) is 12.9. The predicted octanol–water partition coefficient (Wildman–Crippen LogP) is 2.49. The van der Waals surface area contributed by atoms with E-state index in [0.717, 1.165) is 12.1 Å². The summed E-state index contributed by atoms with van der Waals surface area (Å²) in [6.45, 7) is 0.